The average Bonchev–Trinajstić information content (AvgIpc) is 2.89. The van der Waals surface area contributed by atoms with Crippen LogP contribution in [-0.4, -0.2) is 15.6 Å². The van der Waals surface area contributed by atoms with Crippen molar-refractivity contribution in [3.63, 3.8) is 0 Å². The number of hydrogen-bond acceptors (Lipinski definition) is 2. The SMILES string of the molecule is CCC(CC)C(C)n1ccnc1NC1CCCCC1. The minimum absolute atomic E-state index is 0.531. The molecule has 1 aliphatic carbocycles. The van der Waals surface area contributed by atoms with Crippen LogP contribution < -0.4 is 5.32 Å². The van der Waals surface area contributed by atoms with Crippen molar-refractivity contribution in [2.75, 3.05) is 5.32 Å². The first-order valence-electron chi connectivity index (χ1n) is 8.05. The number of imidazole rings is 1. The minimum atomic E-state index is 0.531. The summed E-state index contributed by atoms with van der Waals surface area (Å²) in [6.45, 7) is 6.90. The summed E-state index contributed by atoms with van der Waals surface area (Å²) in [5.41, 5.74) is 0. The van der Waals surface area contributed by atoms with E-state index in [0.29, 0.717) is 12.1 Å². The van der Waals surface area contributed by atoms with E-state index >= 15 is 0 Å². The molecule has 0 bridgehead atoms. The first-order valence-corrected chi connectivity index (χ1v) is 8.05. The molecule has 1 heterocycles. The zero-order valence-corrected chi connectivity index (χ0v) is 12.7. The van der Waals surface area contributed by atoms with Crippen LogP contribution in [0.3, 0.4) is 0 Å². The highest BCUT2D eigenvalue weighted by Crippen LogP contribution is 2.28. The van der Waals surface area contributed by atoms with Crippen LogP contribution in [0.5, 0.6) is 0 Å². The zero-order valence-electron chi connectivity index (χ0n) is 12.7. The van der Waals surface area contributed by atoms with E-state index in [2.05, 4.69) is 41.8 Å². The number of anilines is 1. The van der Waals surface area contributed by atoms with E-state index in [0.717, 1.165) is 11.9 Å². The smallest absolute Gasteiger partial charge is 0.203 e. The topological polar surface area (TPSA) is 29.9 Å². The molecule has 2 rings (SSSR count). The molecule has 1 fully saturated rings. The van der Waals surface area contributed by atoms with Gasteiger partial charge in [-0.25, -0.2) is 4.98 Å². The van der Waals surface area contributed by atoms with E-state index in [9.17, 15) is 0 Å². The van der Waals surface area contributed by atoms with Gasteiger partial charge < -0.3 is 9.88 Å². The minimum Gasteiger partial charge on any atom is -0.353 e. The number of aromatic nitrogens is 2. The maximum Gasteiger partial charge on any atom is 0.203 e. The number of nitrogens with zero attached hydrogens (tertiary/aromatic N) is 2. The highest BCUT2D eigenvalue weighted by Gasteiger charge is 2.20. The molecule has 108 valence electrons. The van der Waals surface area contributed by atoms with Crippen molar-refractivity contribution in [2.45, 2.75) is 77.8 Å². The first kappa shape index (κ1) is 14.4. The van der Waals surface area contributed by atoms with Crippen LogP contribution in [0.25, 0.3) is 0 Å². The monoisotopic (exact) mass is 263 g/mol. The predicted octanol–water partition coefficient (Wildman–Crippen LogP) is 4.62. The van der Waals surface area contributed by atoms with Crippen LogP contribution in [0.2, 0.25) is 0 Å². The lowest BCUT2D eigenvalue weighted by molar-refractivity contribution is 0.334. The fraction of sp³-hybridized carbons (Fsp3) is 0.812. The summed E-state index contributed by atoms with van der Waals surface area (Å²) < 4.78 is 2.34. The van der Waals surface area contributed by atoms with Crippen molar-refractivity contribution in [3.8, 4) is 0 Å². The van der Waals surface area contributed by atoms with Crippen molar-refractivity contribution in [3.05, 3.63) is 12.4 Å². The quantitative estimate of drug-likeness (QED) is 0.811. The van der Waals surface area contributed by atoms with E-state index in [-0.39, 0.29) is 0 Å². The van der Waals surface area contributed by atoms with Crippen LogP contribution in [0, 0.1) is 5.92 Å². The number of hydrogen-bond donors (Lipinski definition) is 1. The molecule has 1 N–H and O–H groups in total. The maximum absolute atomic E-state index is 4.53. The molecule has 0 spiro atoms. The molecule has 1 saturated carbocycles. The second-order valence-electron chi connectivity index (χ2n) is 5.95. The molecule has 1 aromatic heterocycles. The molecule has 0 aliphatic heterocycles. The van der Waals surface area contributed by atoms with Crippen LogP contribution in [-0.2, 0) is 0 Å². The van der Waals surface area contributed by atoms with Gasteiger partial charge in [0.2, 0.25) is 5.95 Å². The Hall–Kier alpha value is -0.990. The van der Waals surface area contributed by atoms with Crippen molar-refractivity contribution in [2.24, 2.45) is 5.92 Å². The van der Waals surface area contributed by atoms with Crippen LogP contribution in [0.15, 0.2) is 12.4 Å². The van der Waals surface area contributed by atoms with E-state index in [4.69, 9.17) is 0 Å². The Kier molecular flexibility index (Phi) is 5.29. The zero-order chi connectivity index (χ0) is 13.7. The second kappa shape index (κ2) is 6.97. The van der Waals surface area contributed by atoms with Gasteiger partial charge in [-0.2, -0.15) is 0 Å². The number of nitrogens with one attached hydrogen (secondary N) is 1. The Morgan fingerprint density at radius 2 is 1.95 bits per heavy atom. The molecule has 1 atom stereocenters. The van der Waals surface area contributed by atoms with Crippen LogP contribution in [0.4, 0.5) is 5.95 Å². The van der Waals surface area contributed by atoms with Gasteiger partial charge in [-0.05, 0) is 25.7 Å². The molecule has 0 aromatic carbocycles. The molecule has 0 radical (unpaired) electrons. The molecule has 0 amide bonds. The molecule has 19 heavy (non-hydrogen) atoms. The average molecular weight is 263 g/mol. The molecule has 0 saturated heterocycles. The third-order valence-electron chi connectivity index (χ3n) is 4.78. The van der Waals surface area contributed by atoms with E-state index < -0.39 is 0 Å². The Morgan fingerprint density at radius 1 is 1.26 bits per heavy atom. The normalized spacial score (nSPS) is 18.7. The van der Waals surface area contributed by atoms with Crippen LogP contribution >= 0.6 is 0 Å². The molecule has 1 aromatic rings. The van der Waals surface area contributed by atoms with Gasteiger partial charge in [0.05, 0.1) is 0 Å². The summed E-state index contributed by atoms with van der Waals surface area (Å²) in [4.78, 5) is 4.53. The standard InChI is InChI=1S/C16H29N3/c1-4-14(5-2)13(3)19-12-11-17-16(19)18-15-9-7-6-8-10-15/h11-15H,4-10H2,1-3H3,(H,17,18). The summed E-state index contributed by atoms with van der Waals surface area (Å²) in [5, 5.41) is 3.67. The maximum atomic E-state index is 4.53. The van der Waals surface area contributed by atoms with E-state index in [1.54, 1.807) is 0 Å². The lowest BCUT2D eigenvalue weighted by atomic mass is 9.95. The van der Waals surface area contributed by atoms with Crippen molar-refractivity contribution in [1.82, 2.24) is 9.55 Å². The van der Waals surface area contributed by atoms with E-state index in [1.165, 1.54) is 44.9 Å². The summed E-state index contributed by atoms with van der Waals surface area (Å²) in [5.74, 6) is 1.81. The highest BCUT2D eigenvalue weighted by molar-refractivity contribution is 5.28. The summed E-state index contributed by atoms with van der Waals surface area (Å²) in [7, 11) is 0. The largest absolute Gasteiger partial charge is 0.353 e. The van der Waals surface area contributed by atoms with E-state index in [1.807, 2.05) is 6.20 Å². The van der Waals surface area contributed by atoms with Gasteiger partial charge in [0, 0.05) is 24.5 Å². The van der Waals surface area contributed by atoms with Crippen molar-refractivity contribution < 1.29 is 0 Å². The Balaban J connectivity index is 2.03. The van der Waals surface area contributed by atoms with Gasteiger partial charge in [-0.1, -0.05) is 46.0 Å². The van der Waals surface area contributed by atoms with Gasteiger partial charge in [0.15, 0.2) is 0 Å². The molecule has 1 unspecified atom stereocenters. The number of rotatable bonds is 6. The highest BCUT2D eigenvalue weighted by atomic mass is 15.2. The third kappa shape index (κ3) is 3.52. The van der Waals surface area contributed by atoms with Crippen LogP contribution in [0.1, 0.15) is 71.8 Å². The molecule has 3 nitrogen and oxygen atoms in total. The molecule has 3 heteroatoms. The van der Waals surface area contributed by atoms with Gasteiger partial charge in [-0.15, -0.1) is 0 Å². The molecular formula is C16H29N3. The summed E-state index contributed by atoms with van der Waals surface area (Å²) in [6, 6.07) is 1.16. The Morgan fingerprint density at radius 3 is 2.58 bits per heavy atom. The Bertz CT molecular complexity index is 362. The first-order chi connectivity index (χ1) is 9.26. The fourth-order valence-corrected chi connectivity index (χ4v) is 3.38. The lowest BCUT2D eigenvalue weighted by Crippen LogP contribution is -2.26. The van der Waals surface area contributed by atoms with Gasteiger partial charge >= 0.3 is 0 Å². The molecule has 1 aliphatic rings. The van der Waals surface area contributed by atoms with Crippen molar-refractivity contribution >= 4 is 5.95 Å². The Labute approximate surface area is 117 Å². The van der Waals surface area contributed by atoms with Gasteiger partial charge in [0.25, 0.3) is 0 Å². The summed E-state index contributed by atoms with van der Waals surface area (Å²) >= 11 is 0. The predicted molar refractivity (Wildman–Crippen MR) is 81.5 cm³/mol. The lowest BCUT2D eigenvalue weighted by Gasteiger charge is -2.28. The summed E-state index contributed by atoms with van der Waals surface area (Å²) in [6.07, 6.45) is 13.3. The van der Waals surface area contributed by atoms with Gasteiger partial charge in [-0.3, -0.25) is 0 Å². The fourth-order valence-electron chi connectivity index (χ4n) is 3.38. The third-order valence-corrected chi connectivity index (χ3v) is 4.78. The molecular weight excluding hydrogens is 234 g/mol. The second-order valence-corrected chi connectivity index (χ2v) is 5.95. The van der Waals surface area contributed by atoms with Gasteiger partial charge in [0.1, 0.15) is 0 Å². The van der Waals surface area contributed by atoms with Crippen molar-refractivity contribution in [1.29, 1.82) is 0 Å².